The van der Waals surface area contributed by atoms with Crippen molar-refractivity contribution >= 4 is 5.69 Å². The van der Waals surface area contributed by atoms with E-state index in [4.69, 9.17) is 5.73 Å². The number of fused-ring (bicyclic) bond motifs is 2. The van der Waals surface area contributed by atoms with Gasteiger partial charge < -0.3 is 5.73 Å². The third-order valence-electron chi connectivity index (χ3n) is 4.13. The highest BCUT2D eigenvalue weighted by molar-refractivity contribution is 5.50. The summed E-state index contributed by atoms with van der Waals surface area (Å²) in [5.41, 5.74) is 10.4. The van der Waals surface area contributed by atoms with Gasteiger partial charge in [-0.1, -0.05) is 18.9 Å². The van der Waals surface area contributed by atoms with Crippen LogP contribution in [0.3, 0.4) is 0 Å². The number of hydrogen-bond acceptors (Lipinski definition) is 1. The van der Waals surface area contributed by atoms with E-state index < -0.39 is 0 Å². The SMILES string of the molecule is Nc1ccc2c(c1)CCC21CCCC1. The molecule has 0 atom stereocenters. The highest BCUT2D eigenvalue weighted by atomic mass is 14.6. The lowest BCUT2D eigenvalue weighted by atomic mass is 9.80. The summed E-state index contributed by atoms with van der Waals surface area (Å²) in [6, 6.07) is 6.54. The second-order valence-corrected chi connectivity index (χ2v) is 4.90. The minimum absolute atomic E-state index is 0.559. The molecule has 2 aliphatic carbocycles. The first-order chi connectivity index (χ1) is 6.80. The lowest BCUT2D eigenvalue weighted by Crippen LogP contribution is -2.17. The molecule has 0 amide bonds. The summed E-state index contributed by atoms with van der Waals surface area (Å²) in [4.78, 5) is 0. The van der Waals surface area contributed by atoms with Crippen LogP contribution in [0.15, 0.2) is 18.2 Å². The van der Waals surface area contributed by atoms with Crippen molar-refractivity contribution in [3.63, 3.8) is 0 Å². The van der Waals surface area contributed by atoms with Gasteiger partial charge in [0.1, 0.15) is 0 Å². The molecular weight excluding hydrogens is 170 g/mol. The van der Waals surface area contributed by atoms with Crippen molar-refractivity contribution in [3.8, 4) is 0 Å². The van der Waals surface area contributed by atoms with Crippen LogP contribution in [0.1, 0.15) is 43.2 Å². The molecule has 1 heteroatoms. The highest BCUT2D eigenvalue weighted by Crippen LogP contribution is 2.50. The molecule has 0 heterocycles. The maximum Gasteiger partial charge on any atom is 0.0316 e. The number of aryl methyl sites for hydroxylation is 1. The minimum Gasteiger partial charge on any atom is -0.399 e. The predicted molar refractivity (Wildman–Crippen MR) is 59.3 cm³/mol. The van der Waals surface area contributed by atoms with Crippen molar-refractivity contribution in [1.82, 2.24) is 0 Å². The fourth-order valence-electron chi connectivity index (χ4n) is 3.42. The van der Waals surface area contributed by atoms with E-state index in [0.29, 0.717) is 5.41 Å². The van der Waals surface area contributed by atoms with Crippen LogP contribution < -0.4 is 5.73 Å². The van der Waals surface area contributed by atoms with Crippen molar-refractivity contribution in [2.45, 2.75) is 43.9 Å². The van der Waals surface area contributed by atoms with Crippen molar-refractivity contribution in [1.29, 1.82) is 0 Å². The van der Waals surface area contributed by atoms with Crippen LogP contribution in [-0.2, 0) is 11.8 Å². The Morgan fingerprint density at radius 3 is 2.64 bits per heavy atom. The molecule has 2 N–H and O–H groups in total. The lowest BCUT2D eigenvalue weighted by molar-refractivity contribution is 0.439. The first kappa shape index (κ1) is 8.34. The summed E-state index contributed by atoms with van der Waals surface area (Å²) >= 11 is 0. The molecule has 1 saturated carbocycles. The van der Waals surface area contributed by atoms with Crippen molar-refractivity contribution in [2.75, 3.05) is 5.73 Å². The van der Waals surface area contributed by atoms with Gasteiger partial charge in [-0.3, -0.25) is 0 Å². The molecule has 0 bridgehead atoms. The van der Waals surface area contributed by atoms with Crippen LogP contribution in [0.2, 0.25) is 0 Å². The Bertz CT molecular complexity index is 361. The van der Waals surface area contributed by atoms with Gasteiger partial charge in [-0.15, -0.1) is 0 Å². The highest BCUT2D eigenvalue weighted by Gasteiger charge is 2.40. The van der Waals surface area contributed by atoms with Gasteiger partial charge >= 0.3 is 0 Å². The molecule has 2 aliphatic rings. The van der Waals surface area contributed by atoms with Crippen LogP contribution >= 0.6 is 0 Å². The van der Waals surface area contributed by atoms with Gasteiger partial charge in [0.15, 0.2) is 0 Å². The van der Waals surface area contributed by atoms with Gasteiger partial charge in [-0.05, 0) is 54.4 Å². The largest absolute Gasteiger partial charge is 0.399 e. The molecule has 1 spiro atoms. The Morgan fingerprint density at radius 1 is 1.07 bits per heavy atom. The van der Waals surface area contributed by atoms with E-state index in [2.05, 4.69) is 18.2 Å². The fourth-order valence-corrected chi connectivity index (χ4v) is 3.42. The van der Waals surface area contributed by atoms with E-state index in [1.165, 1.54) is 44.1 Å². The molecule has 0 unspecified atom stereocenters. The molecule has 3 rings (SSSR count). The maximum absolute atomic E-state index is 5.82. The van der Waals surface area contributed by atoms with E-state index in [1.54, 1.807) is 5.56 Å². The zero-order valence-corrected chi connectivity index (χ0v) is 8.55. The lowest BCUT2D eigenvalue weighted by Gasteiger charge is -2.24. The molecule has 1 nitrogen and oxygen atoms in total. The molecule has 1 aromatic rings. The summed E-state index contributed by atoms with van der Waals surface area (Å²) in [6.07, 6.45) is 8.27. The standard InChI is InChI=1S/C13H17N/c14-11-3-4-12-10(9-11)5-8-13(12)6-1-2-7-13/h3-4,9H,1-2,5-8,14H2. The zero-order chi connectivity index (χ0) is 9.60. The van der Waals surface area contributed by atoms with Crippen molar-refractivity contribution in [2.24, 2.45) is 0 Å². The maximum atomic E-state index is 5.82. The van der Waals surface area contributed by atoms with Crippen LogP contribution in [-0.4, -0.2) is 0 Å². The molecule has 1 fully saturated rings. The van der Waals surface area contributed by atoms with E-state index >= 15 is 0 Å². The Morgan fingerprint density at radius 2 is 1.86 bits per heavy atom. The van der Waals surface area contributed by atoms with E-state index in [9.17, 15) is 0 Å². The van der Waals surface area contributed by atoms with Crippen molar-refractivity contribution < 1.29 is 0 Å². The van der Waals surface area contributed by atoms with E-state index in [-0.39, 0.29) is 0 Å². The molecule has 14 heavy (non-hydrogen) atoms. The summed E-state index contributed by atoms with van der Waals surface area (Å²) in [6.45, 7) is 0. The second-order valence-electron chi connectivity index (χ2n) is 4.90. The van der Waals surface area contributed by atoms with Crippen LogP contribution in [0.25, 0.3) is 0 Å². The average molecular weight is 187 g/mol. The minimum atomic E-state index is 0.559. The Hall–Kier alpha value is -0.980. The average Bonchev–Trinajstić information content (AvgIpc) is 2.77. The quantitative estimate of drug-likeness (QED) is 0.621. The normalized spacial score (nSPS) is 22.9. The Balaban J connectivity index is 2.09. The monoisotopic (exact) mass is 187 g/mol. The van der Waals surface area contributed by atoms with E-state index in [0.717, 1.165) is 5.69 Å². The summed E-state index contributed by atoms with van der Waals surface area (Å²) in [5.74, 6) is 0. The van der Waals surface area contributed by atoms with Gasteiger partial charge in [0, 0.05) is 5.69 Å². The second kappa shape index (κ2) is 2.75. The number of nitrogen functional groups attached to an aromatic ring is 1. The number of benzene rings is 1. The molecule has 0 aliphatic heterocycles. The number of anilines is 1. The molecule has 0 radical (unpaired) electrons. The molecule has 1 aromatic carbocycles. The van der Waals surface area contributed by atoms with E-state index in [1.807, 2.05) is 0 Å². The third-order valence-corrected chi connectivity index (χ3v) is 4.13. The topological polar surface area (TPSA) is 26.0 Å². The molecule has 74 valence electrons. The van der Waals surface area contributed by atoms with Crippen LogP contribution in [0, 0.1) is 0 Å². The van der Waals surface area contributed by atoms with Gasteiger partial charge in [0.25, 0.3) is 0 Å². The number of nitrogens with two attached hydrogens (primary N) is 1. The molecule has 0 aromatic heterocycles. The summed E-state index contributed by atoms with van der Waals surface area (Å²) < 4.78 is 0. The molecular formula is C13H17N. The zero-order valence-electron chi connectivity index (χ0n) is 8.55. The first-order valence-electron chi connectivity index (χ1n) is 5.69. The van der Waals surface area contributed by atoms with Gasteiger partial charge in [0.2, 0.25) is 0 Å². The Labute approximate surface area is 85.3 Å². The molecule has 0 saturated heterocycles. The fraction of sp³-hybridized carbons (Fsp3) is 0.538. The van der Waals surface area contributed by atoms with Gasteiger partial charge in [-0.25, -0.2) is 0 Å². The predicted octanol–water partition coefficient (Wildman–Crippen LogP) is 3.03. The summed E-state index contributed by atoms with van der Waals surface area (Å²) in [7, 11) is 0. The first-order valence-corrected chi connectivity index (χ1v) is 5.69. The van der Waals surface area contributed by atoms with Crippen LogP contribution in [0.5, 0.6) is 0 Å². The third kappa shape index (κ3) is 1.01. The van der Waals surface area contributed by atoms with Gasteiger partial charge in [-0.2, -0.15) is 0 Å². The van der Waals surface area contributed by atoms with Crippen molar-refractivity contribution in [3.05, 3.63) is 29.3 Å². The smallest absolute Gasteiger partial charge is 0.0316 e. The summed E-state index contributed by atoms with van der Waals surface area (Å²) in [5, 5.41) is 0. The van der Waals surface area contributed by atoms with Crippen LogP contribution in [0.4, 0.5) is 5.69 Å². The Kier molecular flexibility index (Phi) is 1.64. The number of hydrogen-bond donors (Lipinski definition) is 1. The van der Waals surface area contributed by atoms with Gasteiger partial charge in [0.05, 0.1) is 0 Å². The number of rotatable bonds is 0.